The number of carbonyl (C=O) groups excluding carboxylic acids is 1. The third kappa shape index (κ3) is 5.38. The Kier molecular flexibility index (Phi) is 7.16. The Balaban J connectivity index is 1.58. The zero-order valence-corrected chi connectivity index (χ0v) is 19.5. The van der Waals surface area contributed by atoms with Crippen LogP contribution < -0.4 is 5.32 Å². The second kappa shape index (κ2) is 10.1. The van der Waals surface area contributed by atoms with Crippen molar-refractivity contribution in [2.45, 2.75) is 11.3 Å². The molecule has 0 saturated heterocycles. The zero-order chi connectivity index (χ0) is 24.3. The molecule has 0 aliphatic carbocycles. The van der Waals surface area contributed by atoms with Crippen molar-refractivity contribution in [1.82, 2.24) is 14.8 Å². The quantitative estimate of drug-likeness (QED) is 0.277. The number of halogens is 5. The SMILES string of the molecule is O=C(CSc1nnc(-c2ccccc2Cl)n1-c1ccccc1)Nc1cc(C(F)(F)F)ccc1Cl. The van der Waals surface area contributed by atoms with Crippen molar-refractivity contribution < 1.29 is 18.0 Å². The molecule has 1 heterocycles. The Bertz CT molecular complexity index is 1330. The summed E-state index contributed by atoms with van der Waals surface area (Å²) in [6.45, 7) is 0. The number of hydrogen-bond donors (Lipinski definition) is 1. The van der Waals surface area contributed by atoms with Crippen LogP contribution in [0.25, 0.3) is 17.1 Å². The largest absolute Gasteiger partial charge is 0.416 e. The van der Waals surface area contributed by atoms with Gasteiger partial charge in [-0.1, -0.05) is 65.3 Å². The first-order valence-corrected chi connectivity index (χ1v) is 11.5. The van der Waals surface area contributed by atoms with Gasteiger partial charge in [-0.3, -0.25) is 9.36 Å². The van der Waals surface area contributed by atoms with Gasteiger partial charge in [-0.05, 0) is 42.5 Å². The van der Waals surface area contributed by atoms with Gasteiger partial charge in [-0.15, -0.1) is 10.2 Å². The number of alkyl halides is 3. The topological polar surface area (TPSA) is 59.8 Å². The predicted octanol–water partition coefficient (Wildman–Crippen LogP) is 6.99. The Morgan fingerprint density at radius 3 is 2.35 bits per heavy atom. The number of carbonyl (C=O) groups is 1. The number of nitrogens with one attached hydrogen (secondary N) is 1. The number of para-hydroxylation sites is 1. The van der Waals surface area contributed by atoms with Crippen LogP contribution in [-0.2, 0) is 11.0 Å². The van der Waals surface area contributed by atoms with E-state index >= 15 is 0 Å². The molecule has 34 heavy (non-hydrogen) atoms. The Labute approximate surface area is 206 Å². The number of thioether (sulfide) groups is 1. The van der Waals surface area contributed by atoms with Gasteiger partial charge in [-0.25, -0.2) is 0 Å². The van der Waals surface area contributed by atoms with Crippen LogP contribution in [0.3, 0.4) is 0 Å². The lowest BCUT2D eigenvalue weighted by Crippen LogP contribution is -2.16. The molecule has 0 fully saturated rings. The molecule has 0 spiro atoms. The predicted molar refractivity (Wildman–Crippen MR) is 128 cm³/mol. The van der Waals surface area contributed by atoms with E-state index < -0.39 is 17.6 Å². The standard InChI is InChI=1S/C23H15Cl2F3N4OS/c24-17-9-5-4-8-16(17)21-30-31-22(32(21)15-6-2-1-3-7-15)34-13-20(33)29-19-12-14(23(26,27)28)10-11-18(19)25/h1-12H,13H2,(H,29,33). The molecular weight excluding hydrogens is 508 g/mol. The van der Waals surface area contributed by atoms with Crippen LogP contribution in [0, 0.1) is 0 Å². The fourth-order valence-electron chi connectivity index (χ4n) is 3.10. The molecule has 1 aromatic heterocycles. The molecule has 0 radical (unpaired) electrons. The third-order valence-corrected chi connectivity index (χ3v) is 6.25. The van der Waals surface area contributed by atoms with E-state index in [2.05, 4.69) is 15.5 Å². The van der Waals surface area contributed by atoms with Gasteiger partial charge in [0.05, 0.1) is 27.0 Å². The molecule has 0 bridgehead atoms. The van der Waals surface area contributed by atoms with E-state index in [0.29, 0.717) is 21.6 Å². The minimum atomic E-state index is -4.56. The lowest BCUT2D eigenvalue weighted by molar-refractivity contribution is -0.137. The highest BCUT2D eigenvalue weighted by molar-refractivity contribution is 7.99. The van der Waals surface area contributed by atoms with Gasteiger partial charge in [0, 0.05) is 11.3 Å². The van der Waals surface area contributed by atoms with Gasteiger partial charge < -0.3 is 5.32 Å². The summed E-state index contributed by atoms with van der Waals surface area (Å²) in [6.07, 6.45) is -4.56. The van der Waals surface area contributed by atoms with Crippen LogP contribution in [0.15, 0.2) is 78.0 Å². The summed E-state index contributed by atoms with van der Waals surface area (Å²) in [7, 11) is 0. The number of nitrogens with zero attached hydrogens (tertiary/aromatic N) is 3. The second-order valence-corrected chi connectivity index (χ2v) is 8.74. The monoisotopic (exact) mass is 522 g/mol. The highest BCUT2D eigenvalue weighted by Crippen LogP contribution is 2.35. The molecular formula is C23H15Cl2F3N4OS. The van der Waals surface area contributed by atoms with Crippen molar-refractivity contribution >= 4 is 46.6 Å². The summed E-state index contributed by atoms with van der Waals surface area (Å²) in [6, 6.07) is 19.2. The van der Waals surface area contributed by atoms with E-state index in [-0.39, 0.29) is 16.5 Å². The fourth-order valence-corrected chi connectivity index (χ4v) is 4.24. The summed E-state index contributed by atoms with van der Waals surface area (Å²) in [5.74, 6) is -0.200. The highest BCUT2D eigenvalue weighted by Gasteiger charge is 2.31. The number of aromatic nitrogens is 3. The molecule has 0 saturated carbocycles. The van der Waals surface area contributed by atoms with Gasteiger partial charge in [0.15, 0.2) is 11.0 Å². The molecule has 11 heteroatoms. The van der Waals surface area contributed by atoms with Crippen molar-refractivity contribution in [3.8, 4) is 17.1 Å². The molecule has 1 amide bonds. The first-order chi connectivity index (χ1) is 16.2. The normalized spacial score (nSPS) is 11.4. The molecule has 4 aromatic rings. The molecule has 4 rings (SSSR count). The van der Waals surface area contributed by atoms with E-state index in [1.165, 1.54) is 0 Å². The van der Waals surface area contributed by atoms with E-state index in [1.54, 1.807) is 16.7 Å². The maximum atomic E-state index is 13.0. The van der Waals surface area contributed by atoms with E-state index in [4.69, 9.17) is 23.2 Å². The Morgan fingerprint density at radius 1 is 0.941 bits per heavy atom. The lowest BCUT2D eigenvalue weighted by atomic mass is 10.2. The van der Waals surface area contributed by atoms with Gasteiger partial charge in [-0.2, -0.15) is 13.2 Å². The van der Waals surface area contributed by atoms with Gasteiger partial charge in [0.2, 0.25) is 5.91 Å². The van der Waals surface area contributed by atoms with Crippen molar-refractivity contribution in [3.63, 3.8) is 0 Å². The van der Waals surface area contributed by atoms with Gasteiger partial charge in [0.25, 0.3) is 0 Å². The highest BCUT2D eigenvalue weighted by atomic mass is 35.5. The van der Waals surface area contributed by atoms with Crippen molar-refractivity contribution in [2.24, 2.45) is 0 Å². The maximum Gasteiger partial charge on any atom is 0.416 e. The summed E-state index contributed by atoms with van der Waals surface area (Å²) < 4.78 is 40.7. The fraction of sp³-hybridized carbons (Fsp3) is 0.0870. The average molecular weight is 523 g/mol. The molecule has 0 atom stereocenters. The summed E-state index contributed by atoms with van der Waals surface area (Å²) in [5, 5.41) is 11.8. The smallest absolute Gasteiger partial charge is 0.324 e. The first-order valence-electron chi connectivity index (χ1n) is 9.79. The first kappa shape index (κ1) is 24.1. The van der Waals surface area contributed by atoms with Crippen molar-refractivity contribution in [2.75, 3.05) is 11.1 Å². The van der Waals surface area contributed by atoms with Gasteiger partial charge >= 0.3 is 6.18 Å². The summed E-state index contributed by atoms with van der Waals surface area (Å²) >= 11 is 13.4. The molecule has 5 nitrogen and oxygen atoms in total. The number of benzene rings is 3. The van der Waals surface area contributed by atoms with Crippen molar-refractivity contribution in [1.29, 1.82) is 0 Å². The summed E-state index contributed by atoms with van der Waals surface area (Å²) in [4.78, 5) is 12.5. The van der Waals surface area contributed by atoms with Crippen LogP contribution >= 0.6 is 35.0 Å². The van der Waals surface area contributed by atoms with Crippen LogP contribution in [0.1, 0.15) is 5.56 Å². The van der Waals surface area contributed by atoms with Gasteiger partial charge in [0.1, 0.15) is 0 Å². The lowest BCUT2D eigenvalue weighted by Gasteiger charge is -2.12. The van der Waals surface area contributed by atoms with Crippen LogP contribution in [-0.4, -0.2) is 26.4 Å². The zero-order valence-electron chi connectivity index (χ0n) is 17.2. The molecule has 0 unspecified atom stereocenters. The Hall–Kier alpha value is -3.01. The van der Waals surface area contributed by atoms with E-state index in [9.17, 15) is 18.0 Å². The minimum Gasteiger partial charge on any atom is -0.324 e. The second-order valence-electron chi connectivity index (χ2n) is 6.99. The average Bonchev–Trinajstić information content (AvgIpc) is 3.23. The number of anilines is 1. The minimum absolute atomic E-state index is 0.000178. The van der Waals surface area contributed by atoms with Crippen molar-refractivity contribution in [3.05, 3.63) is 88.4 Å². The molecule has 0 aliphatic rings. The van der Waals surface area contributed by atoms with E-state index in [0.717, 1.165) is 35.6 Å². The van der Waals surface area contributed by atoms with Crippen LogP contribution in [0.2, 0.25) is 10.0 Å². The molecule has 3 aromatic carbocycles. The number of hydrogen-bond acceptors (Lipinski definition) is 4. The van der Waals surface area contributed by atoms with Crippen LogP contribution in [0.5, 0.6) is 0 Å². The van der Waals surface area contributed by atoms with E-state index in [1.807, 2.05) is 42.5 Å². The maximum absolute atomic E-state index is 13.0. The number of amides is 1. The molecule has 174 valence electrons. The Morgan fingerprint density at radius 2 is 1.65 bits per heavy atom. The third-order valence-electron chi connectivity index (χ3n) is 4.66. The summed E-state index contributed by atoms with van der Waals surface area (Å²) in [5.41, 5.74) is 0.384. The van der Waals surface area contributed by atoms with Crippen LogP contribution in [0.4, 0.5) is 18.9 Å². The molecule has 0 aliphatic heterocycles. The molecule has 1 N–H and O–H groups in total. The number of rotatable bonds is 6.